The number of hydrogen-bond donors (Lipinski definition) is 1. The number of fused-ring (bicyclic) bond motifs is 1. The van der Waals surface area contributed by atoms with E-state index in [2.05, 4.69) is 20.6 Å². The fourth-order valence-corrected chi connectivity index (χ4v) is 2.11. The number of nitrogen functional groups attached to an aromatic ring is 1. The summed E-state index contributed by atoms with van der Waals surface area (Å²) in [6.45, 7) is 2.78. The van der Waals surface area contributed by atoms with E-state index < -0.39 is 0 Å². The van der Waals surface area contributed by atoms with Crippen molar-refractivity contribution in [3.63, 3.8) is 0 Å². The Hall–Kier alpha value is -2.36. The van der Waals surface area contributed by atoms with Gasteiger partial charge in [0.1, 0.15) is 11.6 Å². The molecule has 2 aromatic heterocycles. The Morgan fingerprint density at radius 1 is 1.17 bits per heavy atom. The summed E-state index contributed by atoms with van der Waals surface area (Å²) in [7, 11) is 0. The zero-order valence-corrected chi connectivity index (χ0v) is 10.2. The molecule has 0 aliphatic carbocycles. The summed E-state index contributed by atoms with van der Waals surface area (Å²) in [5.41, 5.74) is 8.88. The topological polar surface area (TPSA) is 56.7 Å². The van der Waals surface area contributed by atoms with Crippen LogP contribution < -0.4 is 5.73 Å². The van der Waals surface area contributed by atoms with Gasteiger partial charge in [-0.2, -0.15) is 0 Å². The zero-order valence-electron chi connectivity index (χ0n) is 10.2. The molecule has 2 N–H and O–H groups in total. The monoisotopic (exact) mass is 238 g/mol. The van der Waals surface area contributed by atoms with Crippen LogP contribution in [0.4, 0.5) is 5.82 Å². The van der Waals surface area contributed by atoms with Gasteiger partial charge in [-0.1, -0.05) is 18.2 Å². The molecule has 2 heterocycles. The summed E-state index contributed by atoms with van der Waals surface area (Å²) in [5, 5.41) is 0. The van der Waals surface area contributed by atoms with Crippen molar-refractivity contribution < 1.29 is 0 Å². The number of anilines is 1. The number of rotatable bonds is 2. The molecular formula is C14H14N4. The average molecular weight is 238 g/mol. The zero-order chi connectivity index (χ0) is 12.5. The van der Waals surface area contributed by atoms with E-state index in [0.717, 1.165) is 29.0 Å². The Morgan fingerprint density at radius 3 is 2.78 bits per heavy atom. The molecular weight excluding hydrogens is 224 g/mol. The maximum absolute atomic E-state index is 5.59. The Morgan fingerprint density at radius 2 is 2.00 bits per heavy atom. The van der Waals surface area contributed by atoms with Crippen LogP contribution in [0.15, 0.2) is 42.6 Å². The predicted octanol–water partition coefficient (Wildman–Crippen LogP) is 2.37. The average Bonchev–Trinajstić information content (AvgIpc) is 2.69. The molecule has 90 valence electrons. The number of aromatic nitrogens is 3. The van der Waals surface area contributed by atoms with Gasteiger partial charge < -0.3 is 10.3 Å². The molecule has 0 aliphatic rings. The number of hydrogen-bond acceptors (Lipinski definition) is 3. The summed E-state index contributed by atoms with van der Waals surface area (Å²) in [4.78, 5) is 8.66. The third-order valence-corrected chi connectivity index (χ3v) is 3.03. The number of benzene rings is 1. The van der Waals surface area contributed by atoms with Gasteiger partial charge in [0.15, 0.2) is 0 Å². The lowest BCUT2D eigenvalue weighted by Crippen LogP contribution is -2.02. The Balaban J connectivity index is 2.04. The Kier molecular flexibility index (Phi) is 2.48. The number of aryl methyl sites for hydroxylation is 1. The maximum Gasteiger partial charge on any atom is 0.123 e. The van der Waals surface area contributed by atoms with Crippen molar-refractivity contribution in [3.8, 4) is 0 Å². The van der Waals surface area contributed by atoms with Crippen LogP contribution in [0.25, 0.3) is 11.0 Å². The van der Waals surface area contributed by atoms with E-state index in [1.807, 2.05) is 43.5 Å². The van der Waals surface area contributed by atoms with Crippen molar-refractivity contribution in [2.75, 3.05) is 5.73 Å². The number of nitrogens with two attached hydrogens (primary N) is 1. The first-order valence-corrected chi connectivity index (χ1v) is 5.86. The van der Waals surface area contributed by atoms with Crippen LogP contribution in [-0.4, -0.2) is 14.5 Å². The molecule has 0 saturated heterocycles. The van der Waals surface area contributed by atoms with Crippen molar-refractivity contribution >= 4 is 16.9 Å². The lowest BCUT2D eigenvalue weighted by atomic mass is 10.2. The highest BCUT2D eigenvalue weighted by Gasteiger charge is 2.06. The van der Waals surface area contributed by atoms with E-state index in [1.54, 1.807) is 0 Å². The smallest absolute Gasteiger partial charge is 0.123 e. The van der Waals surface area contributed by atoms with E-state index in [9.17, 15) is 0 Å². The van der Waals surface area contributed by atoms with Gasteiger partial charge in [0, 0.05) is 6.20 Å². The summed E-state index contributed by atoms with van der Waals surface area (Å²) in [6.07, 6.45) is 1.81. The molecule has 4 heteroatoms. The van der Waals surface area contributed by atoms with E-state index in [0.29, 0.717) is 5.82 Å². The van der Waals surface area contributed by atoms with Crippen LogP contribution in [-0.2, 0) is 6.54 Å². The highest BCUT2D eigenvalue weighted by atomic mass is 15.1. The number of pyridine rings is 1. The van der Waals surface area contributed by atoms with Crippen molar-refractivity contribution in [1.82, 2.24) is 14.5 Å². The molecule has 1 aromatic carbocycles. The van der Waals surface area contributed by atoms with Gasteiger partial charge in [0.2, 0.25) is 0 Å². The molecule has 0 radical (unpaired) electrons. The van der Waals surface area contributed by atoms with Gasteiger partial charge in [-0.05, 0) is 30.7 Å². The first-order valence-electron chi connectivity index (χ1n) is 5.86. The molecule has 3 aromatic rings. The van der Waals surface area contributed by atoms with Gasteiger partial charge in [0.05, 0.1) is 17.6 Å². The second kappa shape index (κ2) is 4.14. The molecule has 0 spiro atoms. The normalized spacial score (nSPS) is 10.9. The highest BCUT2D eigenvalue weighted by Crippen LogP contribution is 2.17. The first kappa shape index (κ1) is 10.8. The fourth-order valence-electron chi connectivity index (χ4n) is 2.11. The molecule has 0 atom stereocenters. The van der Waals surface area contributed by atoms with E-state index in [1.165, 1.54) is 0 Å². The van der Waals surface area contributed by atoms with Crippen LogP contribution in [0.2, 0.25) is 0 Å². The van der Waals surface area contributed by atoms with Gasteiger partial charge in [-0.3, -0.25) is 0 Å². The largest absolute Gasteiger partial charge is 0.384 e. The van der Waals surface area contributed by atoms with Crippen molar-refractivity contribution in [1.29, 1.82) is 0 Å². The third kappa shape index (κ3) is 1.82. The molecule has 0 bridgehead atoms. The van der Waals surface area contributed by atoms with Crippen LogP contribution in [0.5, 0.6) is 0 Å². The van der Waals surface area contributed by atoms with Gasteiger partial charge in [-0.15, -0.1) is 0 Å². The molecule has 3 rings (SSSR count). The number of nitrogens with zero attached hydrogens (tertiary/aromatic N) is 3. The second-order valence-electron chi connectivity index (χ2n) is 4.33. The maximum atomic E-state index is 5.59. The summed E-state index contributed by atoms with van der Waals surface area (Å²) in [6, 6.07) is 12.0. The molecule has 0 unspecified atom stereocenters. The quantitative estimate of drug-likeness (QED) is 0.745. The van der Waals surface area contributed by atoms with E-state index >= 15 is 0 Å². The summed E-state index contributed by atoms with van der Waals surface area (Å²) >= 11 is 0. The molecule has 0 saturated carbocycles. The fraction of sp³-hybridized carbons (Fsp3) is 0.143. The molecule has 0 amide bonds. The third-order valence-electron chi connectivity index (χ3n) is 3.03. The first-order chi connectivity index (χ1) is 8.74. The lowest BCUT2D eigenvalue weighted by Gasteiger charge is -2.06. The molecule has 4 nitrogen and oxygen atoms in total. The number of imidazole rings is 1. The molecule has 18 heavy (non-hydrogen) atoms. The van der Waals surface area contributed by atoms with Crippen molar-refractivity contribution in [3.05, 3.63) is 54.0 Å². The SMILES string of the molecule is Cc1nc2ccccc2n1Cc1ccc(N)nc1. The summed E-state index contributed by atoms with van der Waals surface area (Å²) in [5.74, 6) is 1.55. The minimum atomic E-state index is 0.547. The predicted molar refractivity (Wildman–Crippen MR) is 72.2 cm³/mol. The van der Waals surface area contributed by atoms with Gasteiger partial charge >= 0.3 is 0 Å². The lowest BCUT2D eigenvalue weighted by molar-refractivity contribution is 0.783. The summed E-state index contributed by atoms with van der Waals surface area (Å²) < 4.78 is 2.18. The minimum absolute atomic E-state index is 0.547. The van der Waals surface area contributed by atoms with Crippen molar-refractivity contribution in [2.45, 2.75) is 13.5 Å². The van der Waals surface area contributed by atoms with Crippen molar-refractivity contribution in [2.24, 2.45) is 0 Å². The minimum Gasteiger partial charge on any atom is -0.384 e. The van der Waals surface area contributed by atoms with E-state index in [4.69, 9.17) is 5.73 Å². The van der Waals surface area contributed by atoms with Gasteiger partial charge in [0.25, 0.3) is 0 Å². The van der Waals surface area contributed by atoms with Crippen LogP contribution in [0.1, 0.15) is 11.4 Å². The van der Waals surface area contributed by atoms with Crippen LogP contribution >= 0.6 is 0 Å². The van der Waals surface area contributed by atoms with Gasteiger partial charge in [-0.25, -0.2) is 9.97 Å². The standard InChI is InChI=1S/C14H14N4/c1-10-17-12-4-2-3-5-13(12)18(10)9-11-6-7-14(15)16-8-11/h2-8H,9H2,1H3,(H2,15,16). The van der Waals surface area contributed by atoms with E-state index in [-0.39, 0.29) is 0 Å². The van der Waals surface area contributed by atoms with Crippen LogP contribution in [0.3, 0.4) is 0 Å². The Labute approximate surface area is 105 Å². The second-order valence-corrected chi connectivity index (χ2v) is 4.33. The van der Waals surface area contributed by atoms with Crippen LogP contribution in [0, 0.1) is 6.92 Å². The Bertz CT molecular complexity index is 683. The molecule has 0 fully saturated rings. The molecule has 0 aliphatic heterocycles. The highest BCUT2D eigenvalue weighted by molar-refractivity contribution is 5.75. The number of para-hydroxylation sites is 2.